The number of amides is 2. The van der Waals surface area contributed by atoms with Crippen LogP contribution in [0.25, 0.3) is 0 Å². The van der Waals surface area contributed by atoms with Gasteiger partial charge in [-0.3, -0.25) is 9.59 Å². The van der Waals surface area contributed by atoms with Gasteiger partial charge in [-0.2, -0.15) is 4.98 Å². The van der Waals surface area contributed by atoms with Crippen molar-refractivity contribution < 1.29 is 14.3 Å². The standard InChI is InChI=1S/C37H55N7O3/c1-7-11-31-36(46)42(5)32-24-38-37(41-34(32)44(31)25(3)4)40-30-20-15-27(23-33(30)47-6)35(45)39-28-16-18-29(19-17-28)43(21-8-2)22-10-9-12-26-13-14-26/h11,15,20,23-26,28-29H,7-10,12-14,16-19,21-22H2,1-6H3,(H,39,45)(H,38,40,41). The van der Waals surface area contributed by atoms with Crippen molar-refractivity contribution >= 4 is 35.0 Å². The van der Waals surface area contributed by atoms with Gasteiger partial charge >= 0.3 is 0 Å². The lowest BCUT2D eigenvalue weighted by Gasteiger charge is -2.38. The Labute approximate surface area is 281 Å². The Kier molecular flexibility index (Phi) is 11.8. The lowest BCUT2D eigenvalue weighted by atomic mass is 9.89. The topological polar surface area (TPSA) is 103 Å². The number of allylic oxidation sites excluding steroid dienone is 1. The van der Waals surface area contributed by atoms with Gasteiger partial charge in [-0.1, -0.05) is 45.6 Å². The number of ether oxygens (including phenoxy) is 1. The zero-order chi connectivity index (χ0) is 33.5. The maximum Gasteiger partial charge on any atom is 0.274 e. The van der Waals surface area contributed by atoms with Gasteiger partial charge in [0.2, 0.25) is 5.95 Å². The third-order valence-electron chi connectivity index (χ3n) is 9.81. The predicted octanol–water partition coefficient (Wildman–Crippen LogP) is 7.05. The van der Waals surface area contributed by atoms with E-state index in [0.29, 0.717) is 46.2 Å². The number of nitrogens with zero attached hydrogens (tertiary/aromatic N) is 5. The van der Waals surface area contributed by atoms with Crippen molar-refractivity contribution in [2.24, 2.45) is 5.92 Å². The minimum Gasteiger partial charge on any atom is -0.495 e. The Morgan fingerprint density at radius 1 is 1.11 bits per heavy atom. The number of anilines is 4. The van der Waals surface area contributed by atoms with Gasteiger partial charge < -0.3 is 30.1 Å². The summed E-state index contributed by atoms with van der Waals surface area (Å²) in [5, 5.41) is 6.56. The van der Waals surface area contributed by atoms with Crippen LogP contribution in [0.1, 0.15) is 109 Å². The van der Waals surface area contributed by atoms with E-state index in [1.54, 1.807) is 31.3 Å². The SMILES string of the molecule is CCC=C1C(=O)N(C)c2cnc(Nc3ccc(C(=O)NC4CCC(N(CCC)CCCCC5CC5)CC4)cc3OC)nc2N1C(C)C. The van der Waals surface area contributed by atoms with E-state index in [2.05, 4.69) is 27.4 Å². The number of carbonyl (C=O) groups excluding carboxylic acids is 2. The molecule has 1 aromatic carbocycles. The fraction of sp³-hybridized carbons (Fsp3) is 0.622. The van der Waals surface area contributed by atoms with Crippen LogP contribution in [0.5, 0.6) is 5.75 Å². The molecule has 5 rings (SSSR count). The van der Waals surface area contributed by atoms with E-state index in [9.17, 15) is 9.59 Å². The first-order valence-corrected chi connectivity index (χ1v) is 17.9. The number of benzene rings is 1. The molecule has 0 radical (unpaired) electrons. The second kappa shape index (κ2) is 16.0. The summed E-state index contributed by atoms with van der Waals surface area (Å²) in [4.78, 5) is 42.0. The molecule has 2 amide bonds. The second-order valence-electron chi connectivity index (χ2n) is 13.7. The van der Waals surface area contributed by atoms with E-state index in [-0.39, 0.29) is 23.9 Å². The third kappa shape index (κ3) is 8.44. The molecule has 2 aromatic rings. The Hall–Kier alpha value is -3.66. The van der Waals surface area contributed by atoms with E-state index < -0.39 is 0 Å². The molecule has 2 saturated carbocycles. The maximum atomic E-state index is 13.3. The van der Waals surface area contributed by atoms with Crippen molar-refractivity contribution in [2.45, 2.75) is 116 Å². The van der Waals surface area contributed by atoms with E-state index in [0.717, 1.165) is 38.0 Å². The first kappa shape index (κ1) is 34.7. The van der Waals surface area contributed by atoms with Crippen LogP contribution < -0.4 is 25.2 Å². The molecule has 47 heavy (non-hydrogen) atoms. The van der Waals surface area contributed by atoms with Crippen LogP contribution in [-0.4, -0.2) is 72.1 Å². The second-order valence-corrected chi connectivity index (χ2v) is 13.7. The minimum absolute atomic E-state index is 0.0196. The molecule has 256 valence electrons. The van der Waals surface area contributed by atoms with Gasteiger partial charge in [-0.25, -0.2) is 4.98 Å². The van der Waals surface area contributed by atoms with Gasteiger partial charge in [0.1, 0.15) is 17.1 Å². The monoisotopic (exact) mass is 645 g/mol. The Morgan fingerprint density at radius 2 is 1.87 bits per heavy atom. The first-order chi connectivity index (χ1) is 22.7. The van der Waals surface area contributed by atoms with Crippen molar-refractivity contribution in [3.63, 3.8) is 0 Å². The minimum atomic E-state index is -0.0793. The molecule has 2 aliphatic carbocycles. The van der Waals surface area contributed by atoms with E-state index in [1.807, 2.05) is 43.9 Å². The molecule has 0 unspecified atom stereocenters. The molecule has 10 heteroatoms. The maximum absolute atomic E-state index is 13.3. The molecule has 0 atom stereocenters. The fourth-order valence-corrected chi connectivity index (χ4v) is 7.07. The summed E-state index contributed by atoms with van der Waals surface area (Å²) >= 11 is 0. The number of unbranched alkanes of at least 4 members (excludes halogenated alkanes) is 1. The number of rotatable bonds is 15. The van der Waals surface area contributed by atoms with Crippen molar-refractivity contribution in [1.29, 1.82) is 0 Å². The average molecular weight is 646 g/mol. The molecule has 1 aliphatic heterocycles. The first-order valence-electron chi connectivity index (χ1n) is 17.9. The molecule has 2 fully saturated rings. The molecule has 2 heterocycles. The Morgan fingerprint density at radius 3 is 2.53 bits per heavy atom. The lowest BCUT2D eigenvalue weighted by Crippen LogP contribution is -2.45. The quantitative estimate of drug-likeness (QED) is 0.157. The number of fused-ring (bicyclic) bond motifs is 1. The number of methoxy groups -OCH3 is 1. The zero-order valence-electron chi connectivity index (χ0n) is 29.3. The fourth-order valence-electron chi connectivity index (χ4n) is 7.07. The summed E-state index contributed by atoms with van der Waals surface area (Å²) in [6.45, 7) is 10.8. The van der Waals surface area contributed by atoms with E-state index in [1.165, 1.54) is 51.6 Å². The van der Waals surface area contributed by atoms with Crippen LogP contribution in [-0.2, 0) is 4.79 Å². The number of hydrogen-bond acceptors (Lipinski definition) is 8. The van der Waals surface area contributed by atoms with Gasteiger partial charge in [0.25, 0.3) is 11.8 Å². The molecule has 0 bridgehead atoms. The predicted molar refractivity (Wildman–Crippen MR) is 190 cm³/mol. The summed E-state index contributed by atoms with van der Waals surface area (Å²) < 4.78 is 5.69. The number of carbonyl (C=O) groups is 2. The lowest BCUT2D eigenvalue weighted by molar-refractivity contribution is -0.115. The highest BCUT2D eigenvalue weighted by molar-refractivity contribution is 6.12. The van der Waals surface area contributed by atoms with Crippen LogP contribution >= 0.6 is 0 Å². The van der Waals surface area contributed by atoms with Gasteiger partial charge in [0.05, 0.1) is 19.0 Å². The van der Waals surface area contributed by atoms with Crippen LogP contribution in [0, 0.1) is 5.92 Å². The highest BCUT2D eigenvalue weighted by Crippen LogP contribution is 2.38. The van der Waals surface area contributed by atoms with Crippen LogP contribution in [0.3, 0.4) is 0 Å². The van der Waals surface area contributed by atoms with Crippen LogP contribution in [0.2, 0.25) is 0 Å². The highest BCUT2D eigenvalue weighted by atomic mass is 16.5. The van der Waals surface area contributed by atoms with E-state index >= 15 is 0 Å². The van der Waals surface area contributed by atoms with Gasteiger partial charge in [0, 0.05) is 30.7 Å². The van der Waals surface area contributed by atoms with Crippen LogP contribution in [0.4, 0.5) is 23.1 Å². The largest absolute Gasteiger partial charge is 0.495 e. The zero-order valence-corrected chi connectivity index (χ0v) is 29.3. The smallest absolute Gasteiger partial charge is 0.274 e. The van der Waals surface area contributed by atoms with Gasteiger partial charge in [-0.05, 0) is 96.0 Å². The third-order valence-corrected chi connectivity index (χ3v) is 9.81. The summed E-state index contributed by atoms with van der Waals surface area (Å²) in [6.07, 6.45) is 16.8. The molecule has 10 nitrogen and oxygen atoms in total. The van der Waals surface area contributed by atoms with Crippen molar-refractivity contribution in [2.75, 3.05) is 42.4 Å². The van der Waals surface area contributed by atoms with Gasteiger partial charge in [0.15, 0.2) is 5.82 Å². The molecule has 1 aromatic heterocycles. The Balaban J connectivity index is 1.20. The van der Waals surface area contributed by atoms with Crippen LogP contribution in [0.15, 0.2) is 36.2 Å². The molecule has 2 N–H and O–H groups in total. The molecule has 0 spiro atoms. The van der Waals surface area contributed by atoms with Gasteiger partial charge in [-0.15, -0.1) is 0 Å². The summed E-state index contributed by atoms with van der Waals surface area (Å²) in [6, 6.07) is 6.24. The average Bonchev–Trinajstić information content (AvgIpc) is 3.90. The molecule has 3 aliphatic rings. The summed E-state index contributed by atoms with van der Waals surface area (Å²) in [5.41, 5.74) is 2.47. The van der Waals surface area contributed by atoms with E-state index in [4.69, 9.17) is 9.72 Å². The van der Waals surface area contributed by atoms with Crippen molar-refractivity contribution in [3.8, 4) is 5.75 Å². The number of aromatic nitrogens is 2. The number of hydrogen-bond donors (Lipinski definition) is 2. The van der Waals surface area contributed by atoms with Crippen molar-refractivity contribution in [1.82, 2.24) is 20.2 Å². The number of nitrogens with one attached hydrogen (secondary N) is 2. The van der Waals surface area contributed by atoms with Crippen molar-refractivity contribution in [3.05, 3.63) is 41.7 Å². The highest BCUT2D eigenvalue weighted by Gasteiger charge is 2.35. The summed E-state index contributed by atoms with van der Waals surface area (Å²) in [5.74, 6) is 2.43. The Bertz CT molecular complexity index is 1410. The summed E-state index contributed by atoms with van der Waals surface area (Å²) in [7, 11) is 3.34. The molecular weight excluding hydrogens is 590 g/mol. The molecular formula is C37H55N7O3. The number of likely N-dealkylation sites (N-methyl/N-ethyl adjacent to an activating group) is 1. The molecule has 0 saturated heterocycles. The normalized spacial score (nSPS) is 20.6.